The van der Waals surface area contributed by atoms with Crippen LogP contribution >= 0.6 is 0 Å². The quantitative estimate of drug-likeness (QED) is 0.824. The van der Waals surface area contributed by atoms with E-state index in [4.69, 9.17) is 0 Å². The Balaban J connectivity index is 1.62. The first-order valence-electron chi connectivity index (χ1n) is 9.22. The summed E-state index contributed by atoms with van der Waals surface area (Å²) in [6.07, 6.45) is 4.28. The smallest absolute Gasteiger partial charge is 0.245 e. The Morgan fingerprint density at radius 3 is 2.28 bits per heavy atom. The fourth-order valence-electron chi connectivity index (χ4n) is 4.01. The molecule has 2 atom stereocenters. The van der Waals surface area contributed by atoms with Crippen LogP contribution in [-0.2, 0) is 20.8 Å². The second-order valence-electron chi connectivity index (χ2n) is 7.03. The molecule has 2 amide bonds. The van der Waals surface area contributed by atoms with E-state index in [-0.39, 0.29) is 29.7 Å². The third-order valence-corrected chi connectivity index (χ3v) is 5.33. The number of nitrogens with zero attached hydrogens (tertiary/aromatic N) is 2. The molecule has 2 saturated heterocycles. The second kappa shape index (κ2) is 7.81. The molecule has 5 nitrogen and oxygen atoms in total. The Labute approximate surface area is 149 Å². The first-order chi connectivity index (χ1) is 12.1. The van der Waals surface area contributed by atoms with Crippen LogP contribution in [0, 0.1) is 0 Å². The van der Waals surface area contributed by atoms with Crippen LogP contribution in [0.5, 0.6) is 0 Å². The fourth-order valence-corrected chi connectivity index (χ4v) is 4.01. The molecule has 134 valence electrons. The number of Topliss-reactive ketones (excluding diaryl/α,β-unsaturated/α-hetero) is 1. The molecule has 1 unspecified atom stereocenters. The van der Waals surface area contributed by atoms with Gasteiger partial charge in [0.25, 0.3) is 0 Å². The van der Waals surface area contributed by atoms with Crippen LogP contribution in [0.4, 0.5) is 0 Å². The van der Waals surface area contributed by atoms with Crippen molar-refractivity contribution < 1.29 is 14.4 Å². The molecule has 2 fully saturated rings. The van der Waals surface area contributed by atoms with Gasteiger partial charge in [-0.3, -0.25) is 14.4 Å². The Morgan fingerprint density at radius 2 is 1.60 bits per heavy atom. The average molecular weight is 342 g/mol. The molecule has 0 spiro atoms. The molecular formula is C20H26N2O3. The molecule has 0 bridgehead atoms. The SMILES string of the molecule is CC(=O)C1CCCN1C(=O)[C@@H]1CCCN1C(=O)CCc1ccccc1. The van der Waals surface area contributed by atoms with Gasteiger partial charge in [-0.05, 0) is 44.6 Å². The van der Waals surface area contributed by atoms with E-state index < -0.39 is 0 Å². The van der Waals surface area contributed by atoms with E-state index >= 15 is 0 Å². The van der Waals surface area contributed by atoms with Crippen molar-refractivity contribution in [1.29, 1.82) is 0 Å². The van der Waals surface area contributed by atoms with E-state index in [2.05, 4.69) is 0 Å². The van der Waals surface area contributed by atoms with E-state index in [0.717, 1.165) is 24.8 Å². The van der Waals surface area contributed by atoms with Crippen LogP contribution < -0.4 is 0 Å². The highest BCUT2D eigenvalue weighted by Crippen LogP contribution is 2.26. The molecule has 5 heteroatoms. The molecular weight excluding hydrogens is 316 g/mol. The van der Waals surface area contributed by atoms with Gasteiger partial charge in [0.1, 0.15) is 6.04 Å². The summed E-state index contributed by atoms with van der Waals surface area (Å²) >= 11 is 0. The molecule has 1 aromatic carbocycles. The Bertz CT molecular complexity index is 644. The van der Waals surface area contributed by atoms with Crippen molar-refractivity contribution in [2.45, 2.75) is 57.5 Å². The van der Waals surface area contributed by atoms with E-state index in [1.807, 2.05) is 30.3 Å². The molecule has 0 aliphatic carbocycles. The number of hydrogen-bond donors (Lipinski definition) is 0. The lowest BCUT2D eigenvalue weighted by molar-refractivity contribution is -0.146. The Morgan fingerprint density at radius 1 is 0.960 bits per heavy atom. The summed E-state index contributed by atoms with van der Waals surface area (Å²) in [6.45, 7) is 2.82. The summed E-state index contributed by atoms with van der Waals surface area (Å²) in [5, 5.41) is 0. The zero-order chi connectivity index (χ0) is 17.8. The van der Waals surface area contributed by atoms with Crippen LogP contribution in [0.25, 0.3) is 0 Å². The molecule has 0 radical (unpaired) electrons. The maximum atomic E-state index is 12.9. The van der Waals surface area contributed by atoms with Gasteiger partial charge in [-0.2, -0.15) is 0 Å². The largest absolute Gasteiger partial charge is 0.331 e. The number of hydrogen-bond acceptors (Lipinski definition) is 3. The molecule has 25 heavy (non-hydrogen) atoms. The Kier molecular flexibility index (Phi) is 5.51. The number of aryl methyl sites for hydroxylation is 1. The lowest BCUT2D eigenvalue weighted by Gasteiger charge is -2.30. The average Bonchev–Trinajstić information content (AvgIpc) is 3.29. The first kappa shape index (κ1) is 17.6. The van der Waals surface area contributed by atoms with Crippen LogP contribution in [0.1, 0.15) is 44.6 Å². The standard InChI is InChI=1S/C20H26N2O3/c1-15(23)17-9-5-14-22(17)20(25)18-10-6-13-21(18)19(24)12-11-16-7-3-2-4-8-16/h2-4,7-8,17-18H,5-6,9-14H2,1H3/t17?,18-/m0/s1. The van der Waals surface area contributed by atoms with Crippen molar-refractivity contribution in [3.05, 3.63) is 35.9 Å². The summed E-state index contributed by atoms with van der Waals surface area (Å²) in [5.41, 5.74) is 1.13. The summed E-state index contributed by atoms with van der Waals surface area (Å²) in [6, 6.07) is 9.25. The van der Waals surface area contributed by atoms with Crippen molar-refractivity contribution in [3.63, 3.8) is 0 Å². The van der Waals surface area contributed by atoms with Crippen molar-refractivity contribution in [2.75, 3.05) is 13.1 Å². The minimum atomic E-state index is -0.386. The molecule has 1 aromatic rings. The topological polar surface area (TPSA) is 57.7 Å². The zero-order valence-corrected chi connectivity index (χ0v) is 14.8. The lowest BCUT2D eigenvalue weighted by Crippen LogP contribution is -2.50. The van der Waals surface area contributed by atoms with Gasteiger partial charge in [0.15, 0.2) is 5.78 Å². The predicted molar refractivity (Wildman–Crippen MR) is 94.9 cm³/mol. The van der Waals surface area contributed by atoms with Crippen molar-refractivity contribution in [3.8, 4) is 0 Å². The van der Waals surface area contributed by atoms with Gasteiger partial charge < -0.3 is 9.80 Å². The van der Waals surface area contributed by atoms with Crippen LogP contribution in [0.15, 0.2) is 30.3 Å². The van der Waals surface area contributed by atoms with Gasteiger partial charge in [-0.25, -0.2) is 0 Å². The number of carbonyl (C=O) groups excluding carboxylic acids is 3. The predicted octanol–water partition coefficient (Wildman–Crippen LogP) is 2.19. The molecule has 0 aromatic heterocycles. The summed E-state index contributed by atoms with van der Waals surface area (Å²) in [7, 11) is 0. The van der Waals surface area contributed by atoms with Gasteiger partial charge in [0.2, 0.25) is 11.8 Å². The second-order valence-corrected chi connectivity index (χ2v) is 7.03. The summed E-state index contributed by atoms with van der Waals surface area (Å²) < 4.78 is 0. The monoisotopic (exact) mass is 342 g/mol. The van der Waals surface area contributed by atoms with Gasteiger partial charge >= 0.3 is 0 Å². The molecule has 0 N–H and O–H groups in total. The fraction of sp³-hybridized carbons (Fsp3) is 0.550. The number of ketones is 1. The van der Waals surface area contributed by atoms with Crippen molar-refractivity contribution in [2.24, 2.45) is 0 Å². The normalized spacial score (nSPS) is 23.1. The highest BCUT2D eigenvalue weighted by molar-refractivity contribution is 5.92. The van der Waals surface area contributed by atoms with Crippen LogP contribution in [-0.4, -0.2) is 52.6 Å². The van der Waals surface area contributed by atoms with E-state index in [1.54, 1.807) is 16.7 Å². The third-order valence-electron chi connectivity index (χ3n) is 5.33. The summed E-state index contributed by atoms with van der Waals surface area (Å²) in [5.74, 6) is 0.0485. The molecule has 2 aliphatic rings. The minimum Gasteiger partial charge on any atom is -0.331 e. The zero-order valence-electron chi connectivity index (χ0n) is 14.8. The number of rotatable bonds is 5. The third kappa shape index (κ3) is 3.91. The summed E-state index contributed by atoms with van der Waals surface area (Å²) in [4.78, 5) is 40.8. The highest BCUT2D eigenvalue weighted by Gasteiger charge is 2.40. The Hall–Kier alpha value is -2.17. The van der Waals surface area contributed by atoms with Crippen molar-refractivity contribution in [1.82, 2.24) is 9.80 Å². The number of carbonyl (C=O) groups is 3. The van der Waals surface area contributed by atoms with E-state index in [1.165, 1.54) is 0 Å². The first-order valence-corrected chi connectivity index (χ1v) is 9.22. The number of amides is 2. The van der Waals surface area contributed by atoms with Gasteiger partial charge in [0.05, 0.1) is 6.04 Å². The van der Waals surface area contributed by atoms with Gasteiger partial charge in [0, 0.05) is 19.5 Å². The van der Waals surface area contributed by atoms with Gasteiger partial charge in [-0.15, -0.1) is 0 Å². The van der Waals surface area contributed by atoms with Crippen molar-refractivity contribution >= 4 is 17.6 Å². The molecule has 3 rings (SSSR count). The van der Waals surface area contributed by atoms with Gasteiger partial charge in [-0.1, -0.05) is 30.3 Å². The minimum absolute atomic E-state index is 0.0386. The molecule has 2 heterocycles. The van der Waals surface area contributed by atoms with E-state index in [9.17, 15) is 14.4 Å². The maximum Gasteiger partial charge on any atom is 0.245 e. The molecule has 0 saturated carbocycles. The number of benzene rings is 1. The van der Waals surface area contributed by atoms with Crippen LogP contribution in [0.2, 0.25) is 0 Å². The lowest BCUT2D eigenvalue weighted by atomic mass is 10.1. The molecule has 2 aliphatic heterocycles. The number of likely N-dealkylation sites (tertiary alicyclic amines) is 2. The maximum absolute atomic E-state index is 12.9. The van der Waals surface area contributed by atoms with E-state index in [0.29, 0.717) is 32.4 Å². The van der Waals surface area contributed by atoms with Crippen LogP contribution in [0.3, 0.4) is 0 Å². The highest BCUT2D eigenvalue weighted by atomic mass is 16.2.